The number of aromatic carboxylic acids is 1. The zero-order valence-corrected chi connectivity index (χ0v) is 15.8. The monoisotopic (exact) mass is 372 g/mol. The number of nitrogens with one attached hydrogen (secondary N) is 1. The summed E-state index contributed by atoms with van der Waals surface area (Å²) < 4.78 is 0. The first kappa shape index (κ1) is 18.1. The number of benzene rings is 3. The predicted octanol–water partition coefficient (Wildman–Crippen LogP) is 5.12. The van der Waals surface area contributed by atoms with Crippen LogP contribution >= 0.6 is 0 Å². The van der Waals surface area contributed by atoms with Crippen molar-refractivity contribution in [3.05, 3.63) is 89.5 Å². The molecule has 3 aromatic rings. The van der Waals surface area contributed by atoms with Crippen LogP contribution in [-0.4, -0.2) is 24.2 Å². The standard InChI is InChI=1S/C24H24N2O2/c27-24(28)20-9-5-10-21(17-20)25-15-6-16-26-22-11-3-1-7-18(22)13-14-19-8-2-4-12-23(19)26/h1-5,7-12,17,25H,6,13-16H2,(H,27,28). The van der Waals surface area contributed by atoms with Crippen LogP contribution in [0.5, 0.6) is 0 Å². The van der Waals surface area contributed by atoms with Crippen LogP contribution in [0.4, 0.5) is 17.1 Å². The highest BCUT2D eigenvalue weighted by molar-refractivity contribution is 5.88. The van der Waals surface area contributed by atoms with Gasteiger partial charge in [0.2, 0.25) is 0 Å². The van der Waals surface area contributed by atoms with Gasteiger partial charge in [0, 0.05) is 30.2 Å². The Labute approximate surface area is 165 Å². The Morgan fingerprint density at radius 3 is 2.18 bits per heavy atom. The summed E-state index contributed by atoms with van der Waals surface area (Å²) in [5, 5.41) is 12.5. The fourth-order valence-corrected chi connectivity index (χ4v) is 3.84. The average Bonchev–Trinajstić information content (AvgIpc) is 2.88. The van der Waals surface area contributed by atoms with E-state index < -0.39 is 5.97 Å². The third kappa shape index (κ3) is 3.86. The summed E-state index contributed by atoms with van der Waals surface area (Å²) in [6.45, 7) is 1.68. The van der Waals surface area contributed by atoms with Gasteiger partial charge in [-0.1, -0.05) is 42.5 Å². The Morgan fingerprint density at radius 2 is 1.54 bits per heavy atom. The van der Waals surface area contributed by atoms with Gasteiger partial charge >= 0.3 is 5.97 Å². The van der Waals surface area contributed by atoms with Gasteiger partial charge in [-0.25, -0.2) is 4.79 Å². The average molecular weight is 372 g/mol. The van der Waals surface area contributed by atoms with E-state index in [1.54, 1.807) is 18.2 Å². The molecule has 142 valence electrons. The summed E-state index contributed by atoms with van der Waals surface area (Å²) in [7, 11) is 0. The number of anilines is 3. The fraction of sp³-hybridized carbons (Fsp3) is 0.208. The maximum atomic E-state index is 11.1. The van der Waals surface area contributed by atoms with Crippen molar-refractivity contribution >= 4 is 23.0 Å². The molecule has 3 aromatic carbocycles. The predicted molar refractivity (Wildman–Crippen MR) is 114 cm³/mol. The molecule has 1 aliphatic rings. The van der Waals surface area contributed by atoms with Gasteiger partial charge in [0.25, 0.3) is 0 Å². The number of carboxylic acids is 1. The first-order valence-electron chi connectivity index (χ1n) is 9.73. The first-order chi connectivity index (χ1) is 13.7. The molecule has 1 heterocycles. The molecule has 0 spiro atoms. The third-order valence-corrected chi connectivity index (χ3v) is 5.23. The summed E-state index contributed by atoms with van der Waals surface area (Å²) in [6.07, 6.45) is 3.06. The highest BCUT2D eigenvalue weighted by Crippen LogP contribution is 2.35. The van der Waals surface area contributed by atoms with Gasteiger partial charge in [-0.15, -0.1) is 0 Å². The van der Waals surface area contributed by atoms with Gasteiger partial charge in [-0.2, -0.15) is 0 Å². The Balaban J connectivity index is 1.47. The molecule has 4 nitrogen and oxygen atoms in total. The number of hydrogen-bond donors (Lipinski definition) is 2. The van der Waals surface area contributed by atoms with E-state index in [-0.39, 0.29) is 0 Å². The number of para-hydroxylation sites is 2. The number of hydrogen-bond acceptors (Lipinski definition) is 3. The van der Waals surface area contributed by atoms with Gasteiger partial charge in [0.05, 0.1) is 5.56 Å². The molecule has 0 unspecified atom stereocenters. The molecule has 0 aromatic heterocycles. The van der Waals surface area contributed by atoms with Gasteiger partial charge < -0.3 is 15.3 Å². The van der Waals surface area contributed by atoms with Crippen molar-refractivity contribution in [1.82, 2.24) is 0 Å². The highest BCUT2D eigenvalue weighted by Gasteiger charge is 2.19. The molecule has 0 amide bonds. The van der Waals surface area contributed by atoms with Crippen molar-refractivity contribution in [3.8, 4) is 0 Å². The van der Waals surface area contributed by atoms with Crippen LogP contribution < -0.4 is 10.2 Å². The molecular weight excluding hydrogens is 348 g/mol. The fourth-order valence-electron chi connectivity index (χ4n) is 3.84. The number of rotatable bonds is 6. The van der Waals surface area contributed by atoms with Gasteiger partial charge in [0.1, 0.15) is 0 Å². The number of carbonyl (C=O) groups is 1. The van der Waals surface area contributed by atoms with Crippen molar-refractivity contribution < 1.29 is 9.90 Å². The smallest absolute Gasteiger partial charge is 0.335 e. The minimum absolute atomic E-state index is 0.306. The van der Waals surface area contributed by atoms with Crippen LogP contribution in [0, 0.1) is 0 Å². The molecular formula is C24H24N2O2. The quantitative estimate of drug-likeness (QED) is 0.590. The molecule has 0 atom stereocenters. The second-order valence-corrected chi connectivity index (χ2v) is 7.08. The zero-order chi connectivity index (χ0) is 19.3. The van der Waals surface area contributed by atoms with E-state index in [0.29, 0.717) is 5.56 Å². The van der Waals surface area contributed by atoms with Crippen LogP contribution in [0.3, 0.4) is 0 Å². The van der Waals surface area contributed by atoms with Crippen molar-refractivity contribution in [2.24, 2.45) is 0 Å². The lowest BCUT2D eigenvalue weighted by Crippen LogP contribution is -2.21. The summed E-state index contributed by atoms with van der Waals surface area (Å²) in [4.78, 5) is 13.5. The largest absolute Gasteiger partial charge is 0.478 e. The Morgan fingerprint density at radius 1 is 0.893 bits per heavy atom. The maximum absolute atomic E-state index is 11.1. The molecule has 0 saturated carbocycles. The van der Waals surface area contributed by atoms with E-state index in [0.717, 1.165) is 38.0 Å². The van der Waals surface area contributed by atoms with E-state index in [4.69, 9.17) is 5.11 Å². The normalized spacial score (nSPS) is 12.6. The van der Waals surface area contributed by atoms with Crippen LogP contribution in [0.2, 0.25) is 0 Å². The van der Waals surface area contributed by atoms with E-state index in [1.165, 1.54) is 22.5 Å². The van der Waals surface area contributed by atoms with Crippen LogP contribution in [0.1, 0.15) is 27.9 Å². The lowest BCUT2D eigenvalue weighted by atomic mass is 10.0. The Hall–Kier alpha value is -3.27. The maximum Gasteiger partial charge on any atom is 0.335 e. The molecule has 2 N–H and O–H groups in total. The number of carboxylic acid groups (broad SMARTS) is 1. The van der Waals surface area contributed by atoms with Gasteiger partial charge in [-0.3, -0.25) is 0 Å². The second-order valence-electron chi connectivity index (χ2n) is 7.08. The van der Waals surface area contributed by atoms with Crippen LogP contribution in [0.15, 0.2) is 72.8 Å². The Kier molecular flexibility index (Phi) is 5.29. The number of fused-ring (bicyclic) bond motifs is 2. The molecule has 0 radical (unpaired) electrons. The minimum atomic E-state index is -0.901. The minimum Gasteiger partial charge on any atom is -0.478 e. The number of aryl methyl sites for hydroxylation is 2. The highest BCUT2D eigenvalue weighted by atomic mass is 16.4. The molecule has 1 aliphatic heterocycles. The summed E-state index contributed by atoms with van der Waals surface area (Å²) >= 11 is 0. The van der Waals surface area contributed by atoms with Crippen molar-refractivity contribution in [2.75, 3.05) is 23.3 Å². The van der Waals surface area contributed by atoms with E-state index >= 15 is 0 Å². The van der Waals surface area contributed by atoms with Crippen LogP contribution in [0.25, 0.3) is 0 Å². The number of nitrogens with zero attached hydrogens (tertiary/aromatic N) is 1. The summed E-state index contributed by atoms with van der Waals surface area (Å²) in [5.41, 5.74) is 6.51. The lowest BCUT2D eigenvalue weighted by molar-refractivity contribution is 0.0697. The summed E-state index contributed by atoms with van der Waals surface area (Å²) in [5.74, 6) is -0.901. The molecule has 0 fully saturated rings. The topological polar surface area (TPSA) is 52.6 Å². The third-order valence-electron chi connectivity index (χ3n) is 5.23. The zero-order valence-electron chi connectivity index (χ0n) is 15.8. The lowest BCUT2D eigenvalue weighted by Gasteiger charge is -2.27. The molecule has 4 rings (SSSR count). The molecule has 28 heavy (non-hydrogen) atoms. The van der Waals surface area contributed by atoms with E-state index in [1.807, 2.05) is 6.07 Å². The molecule has 0 saturated heterocycles. The first-order valence-corrected chi connectivity index (χ1v) is 9.73. The summed E-state index contributed by atoms with van der Waals surface area (Å²) in [6, 6.07) is 24.3. The van der Waals surface area contributed by atoms with Gasteiger partial charge in [-0.05, 0) is 60.7 Å². The van der Waals surface area contributed by atoms with Crippen molar-refractivity contribution in [2.45, 2.75) is 19.3 Å². The van der Waals surface area contributed by atoms with Gasteiger partial charge in [0.15, 0.2) is 0 Å². The van der Waals surface area contributed by atoms with E-state index in [2.05, 4.69) is 58.7 Å². The second kappa shape index (κ2) is 8.17. The SMILES string of the molecule is O=C(O)c1cccc(NCCCN2c3ccccc3CCc3ccccc32)c1. The Bertz CT molecular complexity index is 936. The molecule has 0 aliphatic carbocycles. The molecule has 0 bridgehead atoms. The van der Waals surface area contributed by atoms with Crippen LogP contribution in [-0.2, 0) is 12.8 Å². The van der Waals surface area contributed by atoms with Crippen molar-refractivity contribution in [3.63, 3.8) is 0 Å². The van der Waals surface area contributed by atoms with E-state index in [9.17, 15) is 4.79 Å². The van der Waals surface area contributed by atoms with Crippen molar-refractivity contribution in [1.29, 1.82) is 0 Å². The molecule has 4 heteroatoms.